The van der Waals surface area contributed by atoms with E-state index in [0.29, 0.717) is 26.3 Å². The number of fused-ring (bicyclic) bond motifs is 1. The van der Waals surface area contributed by atoms with Crippen LogP contribution in [0.15, 0.2) is 24.3 Å². The maximum atomic E-state index is 13.8. The highest BCUT2D eigenvalue weighted by Gasteiger charge is 2.49. The minimum Gasteiger partial charge on any atom is -0.384 e. The number of likely N-dealkylation sites (tertiary alicyclic amines) is 1. The first-order valence-electron chi connectivity index (χ1n) is 7.31. The number of amides is 1. The van der Waals surface area contributed by atoms with Crippen LogP contribution < -0.4 is 0 Å². The van der Waals surface area contributed by atoms with Crippen molar-refractivity contribution in [3.63, 3.8) is 0 Å². The van der Waals surface area contributed by atoms with Crippen LogP contribution in [0, 0.1) is 11.2 Å². The summed E-state index contributed by atoms with van der Waals surface area (Å²) in [5.74, 6) is -0.706. The number of rotatable bonds is 3. The zero-order valence-electron chi connectivity index (χ0n) is 12.2. The van der Waals surface area contributed by atoms with Crippen LogP contribution in [0.1, 0.15) is 23.2 Å². The molecule has 1 aromatic carbocycles. The van der Waals surface area contributed by atoms with Gasteiger partial charge in [0, 0.05) is 32.2 Å². The van der Waals surface area contributed by atoms with Gasteiger partial charge < -0.3 is 14.4 Å². The fourth-order valence-electron chi connectivity index (χ4n) is 3.52. The normalized spacial score (nSPS) is 28.5. The molecule has 0 bridgehead atoms. The molecule has 0 unspecified atom stereocenters. The topological polar surface area (TPSA) is 38.8 Å². The van der Waals surface area contributed by atoms with E-state index < -0.39 is 5.82 Å². The number of carbonyl (C=O) groups excluding carboxylic acids is 1. The summed E-state index contributed by atoms with van der Waals surface area (Å²) in [4.78, 5) is 14.3. The van der Waals surface area contributed by atoms with Gasteiger partial charge in [-0.25, -0.2) is 4.39 Å². The molecule has 2 aliphatic rings. The van der Waals surface area contributed by atoms with Gasteiger partial charge in [-0.1, -0.05) is 12.1 Å². The van der Waals surface area contributed by atoms with Gasteiger partial charge in [-0.05, 0) is 25.0 Å². The summed E-state index contributed by atoms with van der Waals surface area (Å²) >= 11 is 0. The third-order valence-corrected chi connectivity index (χ3v) is 4.59. The van der Waals surface area contributed by atoms with Crippen LogP contribution >= 0.6 is 0 Å². The molecule has 0 N–H and O–H groups in total. The molecule has 0 aliphatic carbocycles. The van der Waals surface area contributed by atoms with Crippen molar-refractivity contribution < 1.29 is 18.7 Å². The molecule has 114 valence electrons. The van der Waals surface area contributed by atoms with Crippen LogP contribution in [-0.4, -0.2) is 50.3 Å². The van der Waals surface area contributed by atoms with Gasteiger partial charge >= 0.3 is 0 Å². The van der Waals surface area contributed by atoms with E-state index in [4.69, 9.17) is 9.47 Å². The van der Waals surface area contributed by atoms with Crippen molar-refractivity contribution in [3.05, 3.63) is 35.6 Å². The summed E-state index contributed by atoms with van der Waals surface area (Å²) in [6.45, 7) is 2.44. The van der Waals surface area contributed by atoms with Crippen molar-refractivity contribution >= 4 is 5.91 Å². The van der Waals surface area contributed by atoms with Gasteiger partial charge in [-0.3, -0.25) is 4.79 Å². The maximum absolute atomic E-state index is 13.8. The minimum atomic E-state index is -0.465. The molecule has 5 heteroatoms. The Kier molecular flexibility index (Phi) is 3.95. The molecule has 2 fully saturated rings. The van der Waals surface area contributed by atoms with Gasteiger partial charge in [-0.2, -0.15) is 0 Å². The molecule has 2 atom stereocenters. The Balaban J connectivity index is 1.81. The molecule has 0 spiro atoms. The second-order valence-corrected chi connectivity index (χ2v) is 5.90. The van der Waals surface area contributed by atoms with Crippen molar-refractivity contribution in [3.8, 4) is 0 Å². The highest BCUT2D eigenvalue weighted by molar-refractivity contribution is 5.94. The predicted molar refractivity (Wildman–Crippen MR) is 75.6 cm³/mol. The first-order chi connectivity index (χ1) is 10.2. The number of nitrogens with zero attached hydrogens (tertiary/aromatic N) is 1. The number of halogens is 1. The zero-order chi connectivity index (χ0) is 14.9. The lowest BCUT2D eigenvalue weighted by molar-refractivity contribution is -0.0470. The fourth-order valence-corrected chi connectivity index (χ4v) is 3.52. The Bertz CT molecular complexity index is 536. The number of hydrogen-bond donors (Lipinski definition) is 0. The lowest BCUT2D eigenvalue weighted by Crippen LogP contribution is -2.53. The summed E-state index contributed by atoms with van der Waals surface area (Å²) in [6.07, 6.45) is 1.80. The van der Waals surface area contributed by atoms with Crippen molar-refractivity contribution in [2.75, 3.05) is 33.4 Å². The predicted octanol–water partition coefficient (Wildman–Crippen LogP) is 2.09. The van der Waals surface area contributed by atoms with E-state index in [-0.39, 0.29) is 23.0 Å². The van der Waals surface area contributed by atoms with Crippen molar-refractivity contribution in [2.45, 2.75) is 18.9 Å². The Hall–Kier alpha value is -1.46. The number of carbonyl (C=O) groups is 1. The Labute approximate surface area is 123 Å². The molecule has 21 heavy (non-hydrogen) atoms. The Morgan fingerprint density at radius 2 is 2.33 bits per heavy atom. The smallest absolute Gasteiger partial charge is 0.256 e. The molecule has 2 saturated heterocycles. The van der Waals surface area contributed by atoms with Crippen molar-refractivity contribution in [1.82, 2.24) is 4.90 Å². The second-order valence-electron chi connectivity index (χ2n) is 5.90. The monoisotopic (exact) mass is 293 g/mol. The SMILES string of the molecule is COC[C@]12CCO[C@H]1CCN(C(=O)c1ccccc1F)C2. The lowest BCUT2D eigenvalue weighted by Gasteiger charge is -2.43. The Morgan fingerprint density at radius 1 is 1.52 bits per heavy atom. The van der Waals surface area contributed by atoms with Gasteiger partial charge in [-0.15, -0.1) is 0 Å². The van der Waals surface area contributed by atoms with Gasteiger partial charge in [0.1, 0.15) is 5.82 Å². The van der Waals surface area contributed by atoms with Gasteiger partial charge in [0.25, 0.3) is 5.91 Å². The average molecular weight is 293 g/mol. The number of hydrogen-bond acceptors (Lipinski definition) is 3. The second kappa shape index (κ2) is 5.73. The summed E-state index contributed by atoms with van der Waals surface area (Å²) in [6, 6.07) is 6.14. The van der Waals surface area contributed by atoms with Gasteiger partial charge in [0.05, 0.1) is 18.3 Å². The molecule has 2 aliphatic heterocycles. The van der Waals surface area contributed by atoms with Crippen LogP contribution in [0.25, 0.3) is 0 Å². The molecule has 0 aromatic heterocycles. The molecule has 2 heterocycles. The minimum absolute atomic E-state index is 0.141. The van der Waals surface area contributed by atoms with Crippen LogP contribution in [0.4, 0.5) is 4.39 Å². The van der Waals surface area contributed by atoms with Gasteiger partial charge in [0.15, 0.2) is 0 Å². The van der Waals surface area contributed by atoms with E-state index in [2.05, 4.69) is 0 Å². The first-order valence-corrected chi connectivity index (χ1v) is 7.31. The summed E-state index contributed by atoms with van der Waals surface area (Å²) in [7, 11) is 1.67. The largest absolute Gasteiger partial charge is 0.384 e. The third kappa shape index (κ3) is 2.56. The van der Waals surface area contributed by atoms with E-state index in [0.717, 1.165) is 12.8 Å². The standard InChI is InChI=1S/C16H20FNO3/c1-20-11-16-7-9-21-14(16)6-8-18(10-16)15(19)12-4-2-3-5-13(12)17/h2-5,14H,6-11H2,1H3/t14-,16+/m0/s1. The van der Waals surface area contributed by atoms with E-state index in [9.17, 15) is 9.18 Å². The van der Waals surface area contributed by atoms with E-state index >= 15 is 0 Å². The van der Waals surface area contributed by atoms with E-state index in [1.807, 2.05) is 0 Å². The maximum Gasteiger partial charge on any atom is 0.256 e. The molecule has 0 radical (unpaired) electrons. The molecule has 3 rings (SSSR count). The van der Waals surface area contributed by atoms with Crippen molar-refractivity contribution in [2.24, 2.45) is 5.41 Å². The molecule has 1 amide bonds. The first kappa shape index (κ1) is 14.5. The lowest BCUT2D eigenvalue weighted by atomic mass is 9.77. The van der Waals surface area contributed by atoms with E-state index in [1.54, 1.807) is 24.1 Å². The molecule has 0 saturated carbocycles. The molecular weight excluding hydrogens is 273 g/mol. The highest BCUT2D eigenvalue weighted by atomic mass is 19.1. The summed E-state index contributed by atoms with van der Waals surface area (Å²) in [5.41, 5.74) is -0.00378. The number of piperidine rings is 1. The van der Waals surface area contributed by atoms with Crippen LogP contribution in [0.5, 0.6) is 0 Å². The average Bonchev–Trinajstić information content (AvgIpc) is 2.90. The molecule has 4 nitrogen and oxygen atoms in total. The van der Waals surface area contributed by atoms with Gasteiger partial charge in [0.2, 0.25) is 0 Å². The Morgan fingerprint density at radius 3 is 3.10 bits per heavy atom. The van der Waals surface area contributed by atoms with Crippen LogP contribution in [0.3, 0.4) is 0 Å². The summed E-state index contributed by atoms with van der Waals surface area (Å²) in [5, 5.41) is 0. The zero-order valence-corrected chi connectivity index (χ0v) is 12.2. The molecular formula is C16H20FNO3. The number of methoxy groups -OCH3 is 1. The summed E-state index contributed by atoms with van der Waals surface area (Å²) < 4.78 is 24.9. The quantitative estimate of drug-likeness (QED) is 0.856. The van der Waals surface area contributed by atoms with Crippen LogP contribution in [-0.2, 0) is 9.47 Å². The fraction of sp³-hybridized carbons (Fsp3) is 0.562. The van der Waals surface area contributed by atoms with E-state index in [1.165, 1.54) is 12.1 Å². The molecule has 1 aromatic rings. The third-order valence-electron chi connectivity index (χ3n) is 4.59. The number of ether oxygens (including phenoxy) is 2. The number of benzene rings is 1. The van der Waals surface area contributed by atoms with Crippen LogP contribution in [0.2, 0.25) is 0 Å². The highest BCUT2D eigenvalue weighted by Crippen LogP contribution is 2.41. The van der Waals surface area contributed by atoms with Crippen molar-refractivity contribution in [1.29, 1.82) is 0 Å².